The molecule has 0 atom stereocenters. The minimum absolute atomic E-state index is 0.230. The molecule has 0 aliphatic rings. The summed E-state index contributed by atoms with van der Waals surface area (Å²) in [6.45, 7) is 2.32. The predicted molar refractivity (Wildman–Crippen MR) is 65.4 cm³/mol. The zero-order chi connectivity index (χ0) is 12.3. The van der Waals surface area contributed by atoms with Gasteiger partial charge in [-0.05, 0) is 19.1 Å². The number of pyridine rings is 1. The molecule has 2 rings (SSSR count). The Balaban J connectivity index is 2.07. The van der Waals surface area contributed by atoms with Crippen LogP contribution in [0.4, 0.5) is 5.82 Å². The summed E-state index contributed by atoms with van der Waals surface area (Å²) >= 11 is 1.56. The molecule has 0 saturated heterocycles. The van der Waals surface area contributed by atoms with E-state index >= 15 is 0 Å². The minimum atomic E-state index is -0.955. The molecule has 0 radical (unpaired) electrons. The van der Waals surface area contributed by atoms with E-state index in [1.807, 2.05) is 0 Å². The highest BCUT2D eigenvalue weighted by Gasteiger charge is 2.08. The second kappa shape index (κ2) is 4.92. The van der Waals surface area contributed by atoms with Gasteiger partial charge in [-0.1, -0.05) is 0 Å². The van der Waals surface area contributed by atoms with E-state index in [-0.39, 0.29) is 5.56 Å². The number of hydrogen-bond acceptors (Lipinski definition) is 5. The van der Waals surface area contributed by atoms with Crippen LogP contribution in [0.1, 0.15) is 20.9 Å². The van der Waals surface area contributed by atoms with Crippen molar-refractivity contribution in [2.24, 2.45) is 0 Å². The first kappa shape index (κ1) is 11.5. The smallest absolute Gasteiger partial charge is 0.337 e. The van der Waals surface area contributed by atoms with Gasteiger partial charge in [0.1, 0.15) is 5.82 Å². The first-order valence-electron chi connectivity index (χ1n) is 4.99. The third kappa shape index (κ3) is 2.79. The lowest BCUT2D eigenvalue weighted by molar-refractivity contribution is 0.0695. The van der Waals surface area contributed by atoms with Crippen LogP contribution in [0.5, 0.6) is 0 Å². The lowest BCUT2D eigenvalue weighted by Crippen LogP contribution is -2.05. The van der Waals surface area contributed by atoms with E-state index in [4.69, 9.17) is 5.11 Å². The molecule has 0 amide bonds. The maximum Gasteiger partial charge on any atom is 0.337 e. The second-order valence-corrected chi connectivity index (χ2v) is 4.43. The Morgan fingerprint density at radius 3 is 2.94 bits per heavy atom. The Hall–Kier alpha value is -1.95. The van der Waals surface area contributed by atoms with Crippen molar-refractivity contribution >= 4 is 23.1 Å². The van der Waals surface area contributed by atoms with Crippen molar-refractivity contribution in [1.29, 1.82) is 0 Å². The van der Waals surface area contributed by atoms with E-state index in [0.29, 0.717) is 18.1 Å². The molecule has 2 aromatic heterocycles. The van der Waals surface area contributed by atoms with Crippen molar-refractivity contribution < 1.29 is 9.90 Å². The molecule has 0 fully saturated rings. The van der Waals surface area contributed by atoms with E-state index < -0.39 is 5.97 Å². The van der Waals surface area contributed by atoms with Crippen LogP contribution in [0, 0.1) is 6.92 Å². The molecule has 0 unspecified atom stereocenters. The standard InChI is InChI=1S/C11H11N3O2S/c1-7-9(11(15)16)2-3-10(14-7)13-5-8-4-12-6-17-8/h2-4,6H,5H2,1H3,(H,13,14)(H,15,16). The van der Waals surface area contributed by atoms with Gasteiger partial charge in [-0.3, -0.25) is 4.98 Å². The summed E-state index contributed by atoms with van der Waals surface area (Å²) < 4.78 is 0. The number of hydrogen-bond donors (Lipinski definition) is 2. The summed E-state index contributed by atoms with van der Waals surface area (Å²) in [6.07, 6.45) is 1.79. The highest BCUT2D eigenvalue weighted by molar-refractivity contribution is 7.09. The zero-order valence-corrected chi connectivity index (χ0v) is 9.99. The van der Waals surface area contributed by atoms with Crippen LogP contribution in [0.25, 0.3) is 0 Å². The van der Waals surface area contributed by atoms with Gasteiger partial charge in [-0.15, -0.1) is 11.3 Å². The molecule has 6 heteroatoms. The topological polar surface area (TPSA) is 75.1 Å². The Labute approximate surface area is 102 Å². The lowest BCUT2D eigenvalue weighted by atomic mass is 10.2. The fourth-order valence-corrected chi connectivity index (χ4v) is 1.93. The number of rotatable bonds is 4. The van der Waals surface area contributed by atoms with Crippen LogP contribution in [0.2, 0.25) is 0 Å². The number of carboxylic acid groups (broad SMARTS) is 1. The van der Waals surface area contributed by atoms with Crippen LogP contribution in [0.15, 0.2) is 23.8 Å². The average molecular weight is 249 g/mol. The summed E-state index contributed by atoms with van der Waals surface area (Å²) in [6, 6.07) is 3.22. The first-order chi connectivity index (χ1) is 8.16. The summed E-state index contributed by atoms with van der Waals surface area (Å²) in [5.41, 5.74) is 2.50. The molecule has 5 nitrogen and oxygen atoms in total. The van der Waals surface area contributed by atoms with E-state index in [1.165, 1.54) is 0 Å². The van der Waals surface area contributed by atoms with Gasteiger partial charge in [0.25, 0.3) is 0 Å². The molecule has 0 aliphatic carbocycles. The van der Waals surface area contributed by atoms with Gasteiger partial charge in [-0.25, -0.2) is 9.78 Å². The van der Waals surface area contributed by atoms with Crippen LogP contribution < -0.4 is 5.32 Å². The number of thiazole rings is 1. The third-order valence-electron chi connectivity index (χ3n) is 2.24. The van der Waals surface area contributed by atoms with Gasteiger partial charge in [-0.2, -0.15) is 0 Å². The summed E-state index contributed by atoms with van der Waals surface area (Å²) in [5.74, 6) is -0.287. The highest BCUT2D eigenvalue weighted by Crippen LogP contribution is 2.13. The number of nitrogens with zero attached hydrogens (tertiary/aromatic N) is 2. The Morgan fingerprint density at radius 2 is 2.35 bits per heavy atom. The number of carboxylic acids is 1. The monoisotopic (exact) mass is 249 g/mol. The molecule has 0 spiro atoms. The predicted octanol–water partition coefficient (Wildman–Crippen LogP) is 2.16. The van der Waals surface area contributed by atoms with Gasteiger partial charge in [0.2, 0.25) is 0 Å². The average Bonchev–Trinajstić information content (AvgIpc) is 2.78. The largest absolute Gasteiger partial charge is 0.478 e. The normalized spacial score (nSPS) is 10.2. The van der Waals surface area contributed by atoms with Crippen LogP contribution >= 0.6 is 11.3 Å². The molecule has 2 N–H and O–H groups in total. The molecule has 0 aromatic carbocycles. The molecule has 2 heterocycles. The fourth-order valence-electron chi connectivity index (χ4n) is 1.39. The zero-order valence-electron chi connectivity index (χ0n) is 9.17. The Kier molecular flexibility index (Phi) is 3.34. The summed E-state index contributed by atoms with van der Waals surface area (Å²) in [7, 11) is 0. The molecule has 88 valence electrons. The van der Waals surface area contributed by atoms with Gasteiger partial charge in [0.15, 0.2) is 0 Å². The molecule has 0 aliphatic heterocycles. The molecule has 0 bridgehead atoms. The van der Waals surface area contributed by atoms with E-state index in [9.17, 15) is 4.79 Å². The number of aromatic carboxylic acids is 1. The van der Waals surface area contributed by atoms with Crippen LogP contribution in [-0.4, -0.2) is 21.0 Å². The van der Waals surface area contributed by atoms with Crippen molar-refractivity contribution in [3.8, 4) is 0 Å². The summed E-state index contributed by atoms with van der Waals surface area (Å²) in [5, 5.41) is 12.0. The number of anilines is 1. The second-order valence-electron chi connectivity index (χ2n) is 3.46. The number of aryl methyl sites for hydroxylation is 1. The highest BCUT2D eigenvalue weighted by atomic mass is 32.1. The minimum Gasteiger partial charge on any atom is -0.478 e. The van der Waals surface area contributed by atoms with Gasteiger partial charge in [0, 0.05) is 11.1 Å². The van der Waals surface area contributed by atoms with Crippen molar-refractivity contribution in [3.05, 3.63) is 40.0 Å². The van der Waals surface area contributed by atoms with Crippen LogP contribution in [-0.2, 0) is 6.54 Å². The van der Waals surface area contributed by atoms with E-state index in [2.05, 4.69) is 15.3 Å². The fraction of sp³-hybridized carbons (Fsp3) is 0.182. The Bertz CT molecular complexity index is 526. The molecule has 2 aromatic rings. The molecular formula is C11H11N3O2S. The van der Waals surface area contributed by atoms with Crippen molar-refractivity contribution in [3.63, 3.8) is 0 Å². The van der Waals surface area contributed by atoms with Crippen molar-refractivity contribution in [1.82, 2.24) is 9.97 Å². The van der Waals surface area contributed by atoms with Crippen molar-refractivity contribution in [2.45, 2.75) is 13.5 Å². The SMILES string of the molecule is Cc1nc(NCc2cncs2)ccc1C(=O)O. The number of carbonyl (C=O) groups is 1. The van der Waals surface area contributed by atoms with E-state index in [1.54, 1.807) is 42.1 Å². The number of aromatic nitrogens is 2. The molecule has 0 saturated carbocycles. The maximum atomic E-state index is 10.8. The number of nitrogens with one attached hydrogen (secondary N) is 1. The lowest BCUT2D eigenvalue weighted by Gasteiger charge is -2.06. The third-order valence-corrected chi connectivity index (χ3v) is 3.02. The Morgan fingerprint density at radius 1 is 1.53 bits per heavy atom. The van der Waals surface area contributed by atoms with Crippen molar-refractivity contribution in [2.75, 3.05) is 5.32 Å². The quantitative estimate of drug-likeness (QED) is 0.868. The van der Waals surface area contributed by atoms with Gasteiger partial charge in [0.05, 0.1) is 23.3 Å². The summed E-state index contributed by atoms with van der Waals surface area (Å²) in [4.78, 5) is 20.1. The van der Waals surface area contributed by atoms with Gasteiger partial charge < -0.3 is 10.4 Å². The first-order valence-corrected chi connectivity index (χ1v) is 5.87. The maximum absolute atomic E-state index is 10.8. The molecule has 17 heavy (non-hydrogen) atoms. The molecular weight excluding hydrogens is 238 g/mol. The van der Waals surface area contributed by atoms with Crippen LogP contribution in [0.3, 0.4) is 0 Å². The van der Waals surface area contributed by atoms with Gasteiger partial charge >= 0.3 is 5.97 Å². The van der Waals surface area contributed by atoms with E-state index in [0.717, 1.165) is 4.88 Å².